The second kappa shape index (κ2) is 5.11. The predicted octanol–water partition coefficient (Wildman–Crippen LogP) is -0.715. The summed E-state index contributed by atoms with van der Waals surface area (Å²) in [5.41, 5.74) is 0. The molecule has 0 aromatic carbocycles. The van der Waals surface area contributed by atoms with Gasteiger partial charge in [-0.05, 0) is 33.0 Å². The molecule has 5 nitrogen and oxygen atoms in total. The molecule has 1 fully saturated rings. The summed E-state index contributed by atoms with van der Waals surface area (Å²) >= 11 is 0. The van der Waals surface area contributed by atoms with E-state index in [-0.39, 0.29) is 6.04 Å². The van der Waals surface area contributed by atoms with Gasteiger partial charge in [0.15, 0.2) is 0 Å². The summed E-state index contributed by atoms with van der Waals surface area (Å²) in [5, 5.41) is 2.35. The first-order valence-corrected chi connectivity index (χ1v) is 5.23. The Morgan fingerprint density at radius 1 is 1.33 bits per heavy atom. The second-order valence-corrected chi connectivity index (χ2v) is 4.03. The molecule has 86 valence electrons. The Hall–Kier alpha value is -1.10. The highest BCUT2D eigenvalue weighted by Gasteiger charge is 2.26. The lowest BCUT2D eigenvalue weighted by atomic mass is 10.0. The van der Waals surface area contributed by atoms with Crippen molar-refractivity contribution in [2.45, 2.75) is 18.9 Å². The first kappa shape index (κ1) is 12.0. The summed E-state index contributed by atoms with van der Waals surface area (Å²) in [6.07, 6.45) is 1.88. The number of piperidine rings is 1. The number of carbonyl (C=O) groups excluding carboxylic acids is 2. The van der Waals surface area contributed by atoms with Crippen molar-refractivity contribution in [3.63, 3.8) is 0 Å². The van der Waals surface area contributed by atoms with Gasteiger partial charge >= 0.3 is 11.8 Å². The largest absolute Gasteiger partial charge is 0.351 e. The molecule has 0 aromatic heterocycles. The Labute approximate surface area is 90.4 Å². The third kappa shape index (κ3) is 2.92. The van der Waals surface area contributed by atoms with Crippen LogP contribution in [0.15, 0.2) is 0 Å². The Kier molecular flexibility index (Phi) is 4.08. The van der Waals surface area contributed by atoms with E-state index >= 15 is 0 Å². The van der Waals surface area contributed by atoms with Crippen molar-refractivity contribution in [3.8, 4) is 0 Å². The topological polar surface area (TPSA) is 52.7 Å². The molecule has 0 bridgehead atoms. The molecular weight excluding hydrogens is 194 g/mol. The van der Waals surface area contributed by atoms with Crippen LogP contribution in [0.3, 0.4) is 0 Å². The lowest BCUT2D eigenvalue weighted by molar-refractivity contribution is -0.146. The Bertz CT molecular complexity index is 247. The molecule has 5 heteroatoms. The first-order valence-electron chi connectivity index (χ1n) is 5.23. The van der Waals surface area contributed by atoms with Crippen LogP contribution in [0.1, 0.15) is 12.8 Å². The lowest BCUT2D eigenvalue weighted by Gasteiger charge is -2.34. The molecule has 1 N–H and O–H groups in total. The van der Waals surface area contributed by atoms with Crippen molar-refractivity contribution >= 4 is 11.8 Å². The molecule has 1 aliphatic heterocycles. The van der Waals surface area contributed by atoms with Gasteiger partial charge in [0.05, 0.1) is 0 Å². The Balaban J connectivity index is 2.49. The third-order valence-corrected chi connectivity index (χ3v) is 2.98. The molecule has 0 unspecified atom stereocenters. The molecule has 1 heterocycles. The molecule has 0 aliphatic carbocycles. The number of nitrogens with one attached hydrogen (secondary N) is 1. The van der Waals surface area contributed by atoms with Crippen molar-refractivity contribution in [2.75, 3.05) is 34.2 Å². The van der Waals surface area contributed by atoms with Gasteiger partial charge in [0.2, 0.25) is 0 Å². The zero-order valence-electron chi connectivity index (χ0n) is 9.62. The average molecular weight is 213 g/mol. The number of rotatable bonds is 1. The molecule has 0 spiro atoms. The summed E-state index contributed by atoms with van der Waals surface area (Å²) < 4.78 is 0. The Morgan fingerprint density at radius 3 is 2.33 bits per heavy atom. The SMILES string of the molecule is CNC(=O)C(=O)N(C)C1CCN(C)CC1. The molecule has 1 aliphatic rings. The van der Waals surface area contributed by atoms with E-state index in [2.05, 4.69) is 17.3 Å². The maximum Gasteiger partial charge on any atom is 0.311 e. The smallest absolute Gasteiger partial charge is 0.311 e. The number of amides is 2. The van der Waals surface area contributed by atoms with Gasteiger partial charge in [-0.25, -0.2) is 0 Å². The van der Waals surface area contributed by atoms with Crippen LogP contribution in [0, 0.1) is 0 Å². The zero-order valence-corrected chi connectivity index (χ0v) is 9.62. The number of likely N-dealkylation sites (tertiary alicyclic amines) is 1. The highest BCUT2D eigenvalue weighted by molar-refractivity contribution is 6.34. The molecule has 1 saturated heterocycles. The van der Waals surface area contributed by atoms with Crippen LogP contribution in [-0.2, 0) is 9.59 Å². The summed E-state index contributed by atoms with van der Waals surface area (Å²) in [5.74, 6) is -0.969. The molecule has 0 atom stereocenters. The van der Waals surface area contributed by atoms with Gasteiger partial charge in [-0.2, -0.15) is 0 Å². The van der Waals surface area contributed by atoms with Crippen LogP contribution in [0.25, 0.3) is 0 Å². The van der Waals surface area contributed by atoms with E-state index < -0.39 is 11.8 Å². The fourth-order valence-electron chi connectivity index (χ4n) is 1.82. The van der Waals surface area contributed by atoms with Crippen LogP contribution in [0.2, 0.25) is 0 Å². The maximum atomic E-state index is 11.6. The van der Waals surface area contributed by atoms with Crippen molar-refractivity contribution in [1.29, 1.82) is 0 Å². The van der Waals surface area contributed by atoms with E-state index in [9.17, 15) is 9.59 Å². The van der Waals surface area contributed by atoms with Gasteiger partial charge in [-0.15, -0.1) is 0 Å². The van der Waals surface area contributed by atoms with Crippen LogP contribution < -0.4 is 5.32 Å². The summed E-state index contributed by atoms with van der Waals surface area (Å²) in [4.78, 5) is 26.5. The van der Waals surface area contributed by atoms with E-state index in [1.807, 2.05) is 0 Å². The summed E-state index contributed by atoms with van der Waals surface area (Å²) in [6, 6.07) is 0.200. The lowest BCUT2D eigenvalue weighted by Crippen LogP contribution is -2.48. The molecule has 0 aromatic rings. The normalized spacial score (nSPS) is 18.6. The number of hydrogen-bond donors (Lipinski definition) is 1. The number of hydrogen-bond acceptors (Lipinski definition) is 3. The van der Waals surface area contributed by atoms with E-state index in [0.717, 1.165) is 25.9 Å². The quantitative estimate of drug-likeness (QED) is 0.585. The molecule has 0 saturated carbocycles. The van der Waals surface area contributed by atoms with Gasteiger partial charge in [0.25, 0.3) is 0 Å². The van der Waals surface area contributed by atoms with E-state index in [4.69, 9.17) is 0 Å². The van der Waals surface area contributed by atoms with E-state index in [1.54, 1.807) is 11.9 Å². The highest BCUT2D eigenvalue weighted by atomic mass is 16.2. The van der Waals surface area contributed by atoms with Gasteiger partial charge in [0, 0.05) is 20.1 Å². The van der Waals surface area contributed by atoms with Gasteiger partial charge in [0.1, 0.15) is 0 Å². The van der Waals surface area contributed by atoms with E-state index in [0.29, 0.717) is 0 Å². The minimum absolute atomic E-state index is 0.200. The second-order valence-electron chi connectivity index (χ2n) is 4.03. The average Bonchev–Trinajstić information content (AvgIpc) is 2.27. The maximum absolute atomic E-state index is 11.6. The zero-order chi connectivity index (χ0) is 11.4. The van der Waals surface area contributed by atoms with Gasteiger partial charge in [-0.3, -0.25) is 9.59 Å². The van der Waals surface area contributed by atoms with Gasteiger partial charge in [-0.1, -0.05) is 0 Å². The van der Waals surface area contributed by atoms with Gasteiger partial charge < -0.3 is 15.1 Å². The van der Waals surface area contributed by atoms with Crippen LogP contribution in [-0.4, -0.2) is 61.9 Å². The summed E-state index contributed by atoms with van der Waals surface area (Å²) in [6.45, 7) is 1.96. The fourth-order valence-corrected chi connectivity index (χ4v) is 1.82. The Morgan fingerprint density at radius 2 is 1.87 bits per heavy atom. The van der Waals surface area contributed by atoms with Crippen molar-refractivity contribution in [2.24, 2.45) is 0 Å². The molecule has 2 amide bonds. The van der Waals surface area contributed by atoms with E-state index in [1.165, 1.54) is 7.05 Å². The fraction of sp³-hybridized carbons (Fsp3) is 0.800. The standard InChI is InChI=1S/C10H19N3O2/c1-11-9(14)10(15)13(3)8-4-6-12(2)7-5-8/h8H,4-7H2,1-3H3,(H,11,14). The minimum atomic E-state index is -0.531. The molecule has 1 rings (SSSR count). The van der Waals surface area contributed by atoms with Crippen LogP contribution in [0.4, 0.5) is 0 Å². The van der Waals surface area contributed by atoms with Crippen LogP contribution in [0.5, 0.6) is 0 Å². The number of carbonyl (C=O) groups is 2. The minimum Gasteiger partial charge on any atom is -0.351 e. The number of likely N-dealkylation sites (N-methyl/N-ethyl adjacent to an activating group) is 2. The highest BCUT2D eigenvalue weighted by Crippen LogP contribution is 2.13. The molecular formula is C10H19N3O2. The molecule has 15 heavy (non-hydrogen) atoms. The third-order valence-electron chi connectivity index (χ3n) is 2.98. The monoisotopic (exact) mass is 213 g/mol. The van der Waals surface area contributed by atoms with Crippen LogP contribution >= 0.6 is 0 Å². The first-order chi connectivity index (χ1) is 7.06. The van der Waals surface area contributed by atoms with Crippen molar-refractivity contribution < 1.29 is 9.59 Å². The molecule has 0 radical (unpaired) electrons. The van der Waals surface area contributed by atoms with Crippen molar-refractivity contribution in [3.05, 3.63) is 0 Å². The predicted molar refractivity (Wildman–Crippen MR) is 57.4 cm³/mol. The number of nitrogens with zero attached hydrogens (tertiary/aromatic N) is 2. The van der Waals surface area contributed by atoms with Crippen molar-refractivity contribution in [1.82, 2.24) is 15.1 Å². The summed E-state index contributed by atoms with van der Waals surface area (Å²) in [7, 11) is 5.24.